The van der Waals surface area contributed by atoms with Crippen LogP contribution in [0.5, 0.6) is 0 Å². The molecule has 8 N–H and O–H groups in total. The molecule has 1 aromatic carbocycles. The summed E-state index contributed by atoms with van der Waals surface area (Å²) in [5, 5.41) is 0. The normalized spacial score (nSPS) is 13.0. The minimum atomic E-state index is 0. The van der Waals surface area contributed by atoms with Crippen LogP contribution in [0.25, 0.3) is 11.6 Å². The molecule has 30 heavy (non-hydrogen) atoms. The molecule has 0 spiro atoms. The number of hydrogen-bond donors (Lipinski definition) is 0. The lowest BCUT2D eigenvalue weighted by molar-refractivity contribution is 0.377. The molecule has 0 atom stereocenters. The Morgan fingerprint density at radius 2 is 1.57 bits per heavy atom. The average molecular weight is 417 g/mol. The molecule has 2 aromatic rings. The van der Waals surface area contributed by atoms with Crippen molar-refractivity contribution in [2.45, 2.75) is 26.7 Å². The topological polar surface area (TPSA) is 142 Å². The van der Waals surface area contributed by atoms with Gasteiger partial charge in [-0.3, -0.25) is 4.90 Å². The van der Waals surface area contributed by atoms with E-state index in [4.69, 9.17) is 4.98 Å². The number of aromatic nitrogens is 1. The van der Waals surface area contributed by atoms with Crippen molar-refractivity contribution < 1.29 is 21.9 Å². The van der Waals surface area contributed by atoms with Gasteiger partial charge in [0.1, 0.15) is 0 Å². The molecule has 1 aliphatic heterocycles. The van der Waals surface area contributed by atoms with E-state index in [-0.39, 0.29) is 21.9 Å². The Morgan fingerprint density at radius 1 is 0.967 bits per heavy atom. The molecule has 2 heterocycles. The number of benzene rings is 1. The van der Waals surface area contributed by atoms with Crippen molar-refractivity contribution >= 4 is 11.6 Å². The summed E-state index contributed by atoms with van der Waals surface area (Å²) < 4.78 is 0. The predicted octanol–water partition coefficient (Wildman–Crippen LogP) is 1.90. The van der Waals surface area contributed by atoms with Gasteiger partial charge in [0.2, 0.25) is 0 Å². The smallest absolute Gasteiger partial charge is 0.0712 e. The molecule has 0 bridgehead atoms. The number of terminal acetylenes is 1. The van der Waals surface area contributed by atoms with Crippen molar-refractivity contribution in [2.75, 3.05) is 19.6 Å². The monoisotopic (exact) mass is 416 g/mol. The first-order valence-corrected chi connectivity index (χ1v) is 9.19. The maximum absolute atomic E-state index is 4.83. The summed E-state index contributed by atoms with van der Waals surface area (Å²) in [4.78, 5) is 7.35. The predicted molar refractivity (Wildman–Crippen MR) is 127 cm³/mol. The van der Waals surface area contributed by atoms with E-state index >= 15 is 0 Å². The maximum Gasteiger partial charge on any atom is 0.0712 e. The highest BCUT2D eigenvalue weighted by Crippen LogP contribution is 2.23. The van der Waals surface area contributed by atoms with Gasteiger partial charge in [0.15, 0.2) is 0 Å². The summed E-state index contributed by atoms with van der Waals surface area (Å²) in [5.41, 5.74) is 5.81. The Balaban J connectivity index is -0.00000118. The van der Waals surface area contributed by atoms with E-state index in [0.29, 0.717) is 0 Å². The molecule has 166 valence electrons. The standard InChI is InChI=1S/C22H26N2.C2H2.4H2O/c1-3-7-20-8-6-9-22(23-20)21(14-17-24-15-4-5-16-24)19-12-10-18(2)11-13-19;1-2;;;;/h3,6-14H,4-5,15-17H2,1-2H3;1-2H;4*1H2/b7-3+,21-14-;;;;;. The van der Waals surface area contributed by atoms with Crippen LogP contribution in [-0.2, 0) is 0 Å². The summed E-state index contributed by atoms with van der Waals surface area (Å²) in [6, 6.07) is 15.0. The lowest BCUT2D eigenvalue weighted by Crippen LogP contribution is -2.19. The third kappa shape index (κ3) is 9.14. The van der Waals surface area contributed by atoms with Gasteiger partial charge in [-0.15, -0.1) is 12.8 Å². The summed E-state index contributed by atoms with van der Waals surface area (Å²) in [5.74, 6) is 0. The first-order chi connectivity index (χ1) is 12.8. The van der Waals surface area contributed by atoms with Crippen LogP contribution in [0.3, 0.4) is 0 Å². The molecule has 0 amide bonds. The zero-order chi connectivity index (χ0) is 18.8. The highest BCUT2D eigenvalue weighted by molar-refractivity contribution is 5.78. The molecule has 3 rings (SSSR count). The summed E-state index contributed by atoms with van der Waals surface area (Å²) in [6.45, 7) is 7.58. The third-order valence-electron chi connectivity index (χ3n) is 4.50. The fourth-order valence-corrected chi connectivity index (χ4v) is 3.15. The van der Waals surface area contributed by atoms with Crippen molar-refractivity contribution in [3.8, 4) is 12.8 Å². The SMILES string of the molecule is C#C.C/C=C/c1cccc(/C(=C\CN2CCCC2)c2ccc(C)cc2)n1.O.O.O.O. The van der Waals surface area contributed by atoms with Crippen LogP contribution in [0.2, 0.25) is 0 Å². The molecule has 0 unspecified atom stereocenters. The zero-order valence-electron chi connectivity index (χ0n) is 17.9. The number of hydrogen-bond acceptors (Lipinski definition) is 2. The fraction of sp³-hybridized carbons (Fsp3) is 0.292. The zero-order valence-corrected chi connectivity index (χ0v) is 17.9. The molecule has 1 saturated heterocycles. The molecule has 0 radical (unpaired) electrons. The van der Waals surface area contributed by atoms with Gasteiger partial charge in [-0.25, -0.2) is 4.98 Å². The average Bonchev–Trinajstić information content (AvgIpc) is 3.19. The lowest BCUT2D eigenvalue weighted by atomic mass is 10.00. The van der Waals surface area contributed by atoms with E-state index in [1.165, 1.54) is 42.6 Å². The second-order valence-electron chi connectivity index (χ2n) is 6.44. The number of nitrogens with zero attached hydrogens (tertiary/aromatic N) is 2. The molecule has 1 fully saturated rings. The van der Waals surface area contributed by atoms with E-state index < -0.39 is 0 Å². The molecule has 0 saturated carbocycles. The number of likely N-dealkylation sites (tertiary alicyclic amines) is 1. The molecule has 6 nitrogen and oxygen atoms in total. The van der Waals surface area contributed by atoms with E-state index in [2.05, 4.69) is 79.3 Å². The fourth-order valence-electron chi connectivity index (χ4n) is 3.15. The molecular formula is C24H36N2O4. The first-order valence-electron chi connectivity index (χ1n) is 9.19. The number of allylic oxidation sites excluding steroid dienone is 1. The Morgan fingerprint density at radius 3 is 2.13 bits per heavy atom. The highest BCUT2D eigenvalue weighted by Gasteiger charge is 2.12. The van der Waals surface area contributed by atoms with Crippen molar-refractivity contribution in [1.29, 1.82) is 0 Å². The van der Waals surface area contributed by atoms with Crippen molar-refractivity contribution in [1.82, 2.24) is 9.88 Å². The first kappa shape index (κ1) is 31.9. The van der Waals surface area contributed by atoms with Crippen LogP contribution in [0.4, 0.5) is 0 Å². The summed E-state index contributed by atoms with van der Waals surface area (Å²) >= 11 is 0. The maximum atomic E-state index is 4.83. The molecule has 1 aliphatic rings. The van der Waals surface area contributed by atoms with Crippen LogP contribution >= 0.6 is 0 Å². The van der Waals surface area contributed by atoms with Gasteiger partial charge in [0.05, 0.1) is 11.4 Å². The van der Waals surface area contributed by atoms with Crippen molar-refractivity contribution in [2.24, 2.45) is 0 Å². The third-order valence-corrected chi connectivity index (χ3v) is 4.50. The van der Waals surface area contributed by atoms with Crippen LogP contribution < -0.4 is 0 Å². The molecule has 1 aromatic heterocycles. The summed E-state index contributed by atoms with van der Waals surface area (Å²) in [6.07, 6.45) is 17.1. The highest BCUT2D eigenvalue weighted by atomic mass is 16.0. The van der Waals surface area contributed by atoms with E-state index in [0.717, 1.165) is 17.9 Å². The van der Waals surface area contributed by atoms with Gasteiger partial charge < -0.3 is 21.9 Å². The van der Waals surface area contributed by atoms with Crippen molar-refractivity contribution in [3.05, 3.63) is 77.1 Å². The molecule has 0 aliphatic carbocycles. The Kier molecular flexibility index (Phi) is 18.2. The second kappa shape index (κ2) is 17.1. The van der Waals surface area contributed by atoms with Crippen LogP contribution in [-0.4, -0.2) is 51.4 Å². The Labute approximate surface area is 180 Å². The van der Waals surface area contributed by atoms with Gasteiger partial charge >= 0.3 is 0 Å². The summed E-state index contributed by atoms with van der Waals surface area (Å²) in [7, 11) is 0. The van der Waals surface area contributed by atoms with E-state index in [9.17, 15) is 0 Å². The quantitative estimate of drug-likeness (QED) is 0.686. The Hall–Kier alpha value is -2.79. The number of rotatable bonds is 5. The van der Waals surface area contributed by atoms with Crippen LogP contribution in [0.1, 0.15) is 42.3 Å². The van der Waals surface area contributed by atoms with Crippen LogP contribution in [0, 0.1) is 19.8 Å². The van der Waals surface area contributed by atoms with Crippen LogP contribution in [0.15, 0.2) is 54.6 Å². The Bertz CT molecular complexity index is 777. The van der Waals surface area contributed by atoms with Gasteiger partial charge in [-0.1, -0.05) is 48.0 Å². The second-order valence-corrected chi connectivity index (χ2v) is 6.44. The minimum Gasteiger partial charge on any atom is -0.412 e. The van der Waals surface area contributed by atoms with Gasteiger partial charge in [0.25, 0.3) is 0 Å². The van der Waals surface area contributed by atoms with Gasteiger partial charge in [0, 0.05) is 12.1 Å². The molecule has 6 heteroatoms. The van der Waals surface area contributed by atoms with E-state index in [1.54, 1.807) is 0 Å². The van der Waals surface area contributed by atoms with Crippen molar-refractivity contribution in [3.63, 3.8) is 0 Å². The largest absolute Gasteiger partial charge is 0.412 e. The number of aryl methyl sites for hydroxylation is 1. The molecular weight excluding hydrogens is 380 g/mol. The lowest BCUT2D eigenvalue weighted by Gasteiger charge is -2.14. The number of pyridine rings is 1. The van der Waals surface area contributed by atoms with Gasteiger partial charge in [-0.2, -0.15) is 0 Å². The minimum absolute atomic E-state index is 0. The van der Waals surface area contributed by atoms with E-state index in [1.807, 2.05) is 13.0 Å². The van der Waals surface area contributed by atoms with Gasteiger partial charge in [-0.05, 0) is 63.6 Å².